The third kappa shape index (κ3) is 1.66. The van der Waals surface area contributed by atoms with Crippen molar-refractivity contribution in [3.05, 3.63) is 23.5 Å². The number of nitrogens with zero attached hydrogens (tertiary/aromatic N) is 2. The van der Waals surface area contributed by atoms with Gasteiger partial charge in [0.15, 0.2) is 0 Å². The number of aromatic nitrogens is 1. The fourth-order valence-electron chi connectivity index (χ4n) is 3.41. The van der Waals surface area contributed by atoms with Crippen molar-refractivity contribution in [1.29, 1.82) is 0 Å². The number of likely N-dealkylation sites (tertiary alicyclic amines) is 1. The number of aliphatic hydroxyl groups is 1. The summed E-state index contributed by atoms with van der Waals surface area (Å²) < 4.78 is 2.15. The van der Waals surface area contributed by atoms with Crippen molar-refractivity contribution >= 4 is 5.97 Å². The largest absolute Gasteiger partial charge is 0.480 e. The van der Waals surface area contributed by atoms with Crippen LogP contribution in [-0.4, -0.2) is 38.2 Å². The lowest BCUT2D eigenvalue weighted by Crippen LogP contribution is -2.38. The van der Waals surface area contributed by atoms with Crippen molar-refractivity contribution < 1.29 is 15.0 Å². The van der Waals surface area contributed by atoms with Crippen LogP contribution in [0.5, 0.6) is 0 Å². The van der Waals surface area contributed by atoms with Crippen LogP contribution in [0.2, 0.25) is 0 Å². The first-order valence-electron chi connectivity index (χ1n) is 6.49. The van der Waals surface area contributed by atoms with E-state index in [1.54, 1.807) is 0 Å². The van der Waals surface area contributed by atoms with Crippen molar-refractivity contribution in [2.24, 2.45) is 0 Å². The lowest BCUT2D eigenvalue weighted by atomic mass is 10.1. The molecule has 3 rings (SSSR count). The molecule has 5 heteroatoms. The van der Waals surface area contributed by atoms with Crippen LogP contribution in [-0.2, 0) is 17.9 Å². The molecule has 5 nitrogen and oxygen atoms in total. The first kappa shape index (κ1) is 11.7. The Morgan fingerprint density at radius 1 is 1.39 bits per heavy atom. The second-order valence-electron chi connectivity index (χ2n) is 5.12. The molecule has 18 heavy (non-hydrogen) atoms. The number of rotatable bonds is 3. The summed E-state index contributed by atoms with van der Waals surface area (Å²) in [5.74, 6) is -0.719. The molecule has 2 N–H and O–H groups in total. The topological polar surface area (TPSA) is 65.7 Å². The zero-order chi connectivity index (χ0) is 12.7. The Morgan fingerprint density at radius 2 is 2.22 bits per heavy atom. The molecule has 1 saturated heterocycles. The van der Waals surface area contributed by atoms with Crippen LogP contribution in [0, 0.1) is 0 Å². The normalized spacial score (nSPS) is 27.6. The van der Waals surface area contributed by atoms with Crippen LogP contribution in [0.3, 0.4) is 0 Å². The molecule has 0 saturated carbocycles. The summed E-state index contributed by atoms with van der Waals surface area (Å²) in [4.78, 5) is 13.4. The highest BCUT2D eigenvalue weighted by molar-refractivity contribution is 5.74. The van der Waals surface area contributed by atoms with Crippen molar-refractivity contribution in [1.82, 2.24) is 9.47 Å². The molecular weight excluding hydrogens is 232 g/mol. The van der Waals surface area contributed by atoms with E-state index in [4.69, 9.17) is 0 Å². The van der Waals surface area contributed by atoms with Gasteiger partial charge in [-0.15, -0.1) is 0 Å². The first-order valence-corrected chi connectivity index (χ1v) is 6.49. The maximum Gasteiger partial charge on any atom is 0.320 e. The molecule has 1 aromatic rings. The fourth-order valence-corrected chi connectivity index (χ4v) is 3.41. The van der Waals surface area contributed by atoms with Gasteiger partial charge in [-0.3, -0.25) is 9.69 Å². The molecule has 0 amide bonds. The second-order valence-corrected chi connectivity index (χ2v) is 5.12. The zero-order valence-corrected chi connectivity index (χ0v) is 10.2. The van der Waals surface area contributed by atoms with Gasteiger partial charge in [-0.05, 0) is 37.4 Å². The molecule has 2 aliphatic rings. The van der Waals surface area contributed by atoms with Gasteiger partial charge in [0.1, 0.15) is 6.04 Å². The highest BCUT2D eigenvalue weighted by Crippen LogP contribution is 2.38. The average molecular weight is 250 g/mol. The van der Waals surface area contributed by atoms with Crippen LogP contribution in [0.1, 0.15) is 36.6 Å². The van der Waals surface area contributed by atoms with E-state index >= 15 is 0 Å². The van der Waals surface area contributed by atoms with Crippen LogP contribution < -0.4 is 0 Å². The van der Waals surface area contributed by atoms with E-state index in [9.17, 15) is 15.0 Å². The van der Waals surface area contributed by atoms with Crippen molar-refractivity contribution in [2.45, 2.75) is 44.5 Å². The number of fused-ring (bicyclic) bond motifs is 1. The number of hydrogen-bond acceptors (Lipinski definition) is 3. The zero-order valence-electron chi connectivity index (χ0n) is 10.2. The Kier molecular flexibility index (Phi) is 2.87. The van der Waals surface area contributed by atoms with Gasteiger partial charge in [-0.2, -0.15) is 0 Å². The SMILES string of the molecule is O=C(O)C1CCCN1C1CCn2ccc(CO)c21. The molecule has 3 heterocycles. The lowest BCUT2D eigenvalue weighted by molar-refractivity contribution is -0.143. The number of aryl methyl sites for hydroxylation is 1. The number of hydrogen-bond donors (Lipinski definition) is 2. The summed E-state index contributed by atoms with van der Waals surface area (Å²) in [6.45, 7) is 1.80. The minimum absolute atomic E-state index is 0.0322. The van der Waals surface area contributed by atoms with Crippen molar-refractivity contribution in [3.63, 3.8) is 0 Å². The van der Waals surface area contributed by atoms with Crippen LogP contribution in [0.25, 0.3) is 0 Å². The molecule has 0 aliphatic carbocycles. The molecule has 0 aromatic carbocycles. The van der Waals surface area contributed by atoms with E-state index in [0.717, 1.165) is 43.6 Å². The van der Waals surface area contributed by atoms with Crippen LogP contribution in [0.15, 0.2) is 12.3 Å². The van der Waals surface area contributed by atoms with Gasteiger partial charge in [0.05, 0.1) is 12.6 Å². The van der Waals surface area contributed by atoms with E-state index < -0.39 is 5.97 Å². The third-order valence-corrected chi connectivity index (χ3v) is 4.20. The molecular formula is C13H18N2O3. The standard InChI is InChI=1S/C13H18N2O3/c16-8-9-3-6-14-7-4-10(12(9)14)15-5-1-2-11(15)13(17)18/h3,6,10-11,16H,1-2,4-5,7-8H2,(H,17,18). The Balaban J connectivity index is 1.91. The van der Waals surface area contributed by atoms with Gasteiger partial charge in [0.2, 0.25) is 0 Å². The molecule has 0 bridgehead atoms. The molecule has 98 valence electrons. The third-order valence-electron chi connectivity index (χ3n) is 4.20. The number of aliphatic carboxylic acids is 1. The van der Waals surface area contributed by atoms with Gasteiger partial charge < -0.3 is 14.8 Å². The smallest absolute Gasteiger partial charge is 0.320 e. The summed E-state index contributed by atoms with van der Waals surface area (Å²) in [7, 11) is 0. The van der Waals surface area contributed by atoms with Gasteiger partial charge >= 0.3 is 5.97 Å². The summed E-state index contributed by atoms with van der Waals surface area (Å²) in [6.07, 6.45) is 4.63. The molecule has 1 fully saturated rings. The van der Waals surface area contributed by atoms with E-state index in [1.165, 1.54) is 0 Å². The van der Waals surface area contributed by atoms with Gasteiger partial charge in [-0.1, -0.05) is 0 Å². The van der Waals surface area contributed by atoms with Crippen molar-refractivity contribution in [3.8, 4) is 0 Å². The quantitative estimate of drug-likeness (QED) is 0.839. The molecule has 1 aromatic heterocycles. The first-order chi connectivity index (χ1) is 8.72. The minimum atomic E-state index is -0.719. The monoisotopic (exact) mass is 250 g/mol. The summed E-state index contributed by atoms with van der Waals surface area (Å²) in [5.41, 5.74) is 2.05. The highest BCUT2D eigenvalue weighted by atomic mass is 16.4. The van der Waals surface area contributed by atoms with Gasteiger partial charge in [-0.25, -0.2) is 0 Å². The Morgan fingerprint density at radius 3 is 2.94 bits per heavy atom. The summed E-state index contributed by atoms with van der Waals surface area (Å²) in [6, 6.07) is 1.74. The molecule has 0 radical (unpaired) electrons. The number of carboxylic acid groups (broad SMARTS) is 1. The molecule has 2 atom stereocenters. The molecule has 2 unspecified atom stereocenters. The van der Waals surface area contributed by atoms with Crippen molar-refractivity contribution in [2.75, 3.05) is 6.54 Å². The lowest BCUT2D eigenvalue weighted by Gasteiger charge is -2.28. The number of carbonyl (C=O) groups is 1. The second kappa shape index (κ2) is 4.40. The Labute approximate surface area is 106 Å². The molecule has 0 spiro atoms. The predicted octanol–water partition coefficient (Wildman–Crippen LogP) is 0.974. The average Bonchev–Trinajstić information content (AvgIpc) is 3.03. The maximum atomic E-state index is 11.3. The van der Waals surface area contributed by atoms with Gasteiger partial charge in [0.25, 0.3) is 0 Å². The summed E-state index contributed by atoms with van der Waals surface area (Å²) in [5, 5.41) is 18.6. The van der Waals surface area contributed by atoms with Crippen LogP contribution >= 0.6 is 0 Å². The Hall–Kier alpha value is -1.33. The number of carboxylic acids is 1. The fraction of sp³-hybridized carbons (Fsp3) is 0.615. The van der Waals surface area contributed by atoms with E-state index in [0.29, 0.717) is 0 Å². The van der Waals surface area contributed by atoms with E-state index in [-0.39, 0.29) is 18.7 Å². The van der Waals surface area contributed by atoms with E-state index in [1.807, 2.05) is 12.3 Å². The van der Waals surface area contributed by atoms with E-state index in [2.05, 4.69) is 9.47 Å². The number of aliphatic hydroxyl groups excluding tert-OH is 1. The summed E-state index contributed by atoms with van der Waals surface area (Å²) >= 11 is 0. The van der Waals surface area contributed by atoms with Crippen LogP contribution in [0.4, 0.5) is 0 Å². The Bertz CT molecular complexity index is 469. The van der Waals surface area contributed by atoms with Gasteiger partial charge in [0, 0.05) is 18.4 Å². The minimum Gasteiger partial charge on any atom is -0.480 e. The maximum absolute atomic E-state index is 11.3. The molecule has 2 aliphatic heterocycles. The highest BCUT2D eigenvalue weighted by Gasteiger charge is 2.39. The predicted molar refractivity (Wildman–Crippen MR) is 65.1 cm³/mol.